The summed E-state index contributed by atoms with van der Waals surface area (Å²) >= 11 is 0. The molecule has 0 saturated heterocycles. The lowest BCUT2D eigenvalue weighted by Crippen LogP contribution is -2.21. The molecule has 0 aromatic heterocycles. The van der Waals surface area contributed by atoms with Crippen LogP contribution < -0.4 is 0 Å². The number of hydrogen-bond donors (Lipinski definition) is 0. The van der Waals surface area contributed by atoms with Crippen LogP contribution in [0.1, 0.15) is 25.0 Å². The third-order valence-corrected chi connectivity index (χ3v) is 4.17. The van der Waals surface area contributed by atoms with Crippen molar-refractivity contribution in [3.8, 4) is 0 Å². The Hall–Kier alpha value is -0.903. The molecule has 0 amide bonds. The minimum atomic E-state index is -1.12. The van der Waals surface area contributed by atoms with Crippen molar-refractivity contribution in [2.24, 2.45) is 0 Å². The molecule has 0 bridgehead atoms. The van der Waals surface area contributed by atoms with Gasteiger partial charge in [-0.25, -0.2) is 0 Å². The first-order valence-corrected chi connectivity index (χ1v) is 7.63. The molecule has 1 aromatic carbocycles. The number of hydrogen-bond acceptors (Lipinski definition) is 2. The fourth-order valence-electron chi connectivity index (χ4n) is 1.54. The van der Waals surface area contributed by atoms with Crippen molar-refractivity contribution < 1.29 is 8.85 Å². The fraction of sp³-hybridized carbons (Fsp3) is 0.429. The van der Waals surface area contributed by atoms with Crippen LogP contribution in [0.4, 0.5) is 0 Å². The van der Waals surface area contributed by atoms with Gasteiger partial charge in [0.1, 0.15) is 0 Å². The summed E-state index contributed by atoms with van der Waals surface area (Å²) in [6, 6.07) is 9.25. The Bertz CT molecular complexity index is 344. The van der Waals surface area contributed by atoms with Crippen LogP contribution in [0, 0.1) is 6.92 Å². The van der Waals surface area contributed by atoms with Crippen LogP contribution in [0.5, 0.6) is 0 Å². The summed E-state index contributed by atoms with van der Waals surface area (Å²) in [5.41, 5.74) is 2.56. The van der Waals surface area contributed by atoms with Gasteiger partial charge >= 0.3 is 9.28 Å². The van der Waals surface area contributed by atoms with Gasteiger partial charge in [-0.3, -0.25) is 0 Å². The summed E-state index contributed by atoms with van der Waals surface area (Å²) in [5, 5.41) is 0. The highest BCUT2D eigenvalue weighted by atomic mass is 28.3. The molecule has 1 radical (unpaired) electrons. The van der Waals surface area contributed by atoms with Gasteiger partial charge in [-0.15, -0.1) is 0 Å². The molecule has 0 unspecified atom stereocenters. The summed E-state index contributed by atoms with van der Waals surface area (Å²) in [6.07, 6.45) is 4.31. The Morgan fingerprint density at radius 3 is 2.35 bits per heavy atom. The molecule has 0 aliphatic rings. The smallest absolute Gasteiger partial charge is 0.388 e. The van der Waals surface area contributed by atoms with Gasteiger partial charge in [0.2, 0.25) is 0 Å². The molecule has 1 aromatic rings. The van der Waals surface area contributed by atoms with Crippen LogP contribution in [0.15, 0.2) is 30.3 Å². The number of allylic oxidation sites excluding steroid dienone is 1. The van der Waals surface area contributed by atoms with Crippen molar-refractivity contribution in [3.63, 3.8) is 0 Å². The lowest BCUT2D eigenvalue weighted by Gasteiger charge is -2.10. The Balaban J connectivity index is 2.50. The molecule has 2 nitrogen and oxygen atoms in total. The maximum Gasteiger partial charge on any atom is 0.388 e. The SMILES string of the molecule is CCO[Si](CC=Cc1ccccc1C)OCC. The van der Waals surface area contributed by atoms with Gasteiger partial charge in [0.05, 0.1) is 0 Å². The van der Waals surface area contributed by atoms with Crippen molar-refractivity contribution in [1.82, 2.24) is 0 Å². The molecule has 0 atom stereocenters. The Labute approximate surface area is 106 Å². The Kier molecular flexibility index (Phi) is 6.85. The second kappa shape index (κ2) is 8.23. The third kappa shape index (κ3) is 5.30. The molecule has 3 heteroatoms. The van der Waals surface area contributed by atoms with Crippen LogP contribution in [0.25, 0.3) is 6.08 Å². The molecule has 93 valence electrons. The maximum atomic E-state index is 5.58. The van der Waals surface area contributed by atoms with E-state index >= 15 is 0 Å². The summed E-state index contributed by atoms with van der Waals surface area (Å²) in [6.45, 7) is 7.60. The monoisotopic (exact) mass is 249 g/mol. The highest BCUT2D eigenvalue weighted by molar-refractivity contribution is 6.45. The fourth-order valence-corrected chi connectivity index (χ4v) is 2.81. The average Bonchev–Trinajstić information content (AvgIpc) is 2.32. The molecule has 0 spiro atoms. The molecule has 0 N–H and O–H groups in total. The molecule has 1 rings (SSSR count). The maximum absolute atomic E-state index is 5.58. The van der Waals surface area contributed by atoms with E-state index in [4.69, 9.17) is 8.85 Å². The molecule has 0 fully saturated rings. The zero-order valence-corrected chi connectivity index (χ0v) is 11.9. The van der Waals surface area contributed by atoms with Crippen molar-refractivity contribution in [1.29, 1.82) is 0 Å². The molecule has 0 aliphatic carbocycles. The van der Waals surface area contributed by atoms with Gasteiger partial charge < -0.3 is 8.85 Å². The molecule has 0 aliphatic heterocycles. The van der Waals surface area contributed by atoms with E-state index in [-0.39, 0.29) is 0 Å². The van der Waals surface area contributed by atoms with Gasteiger partial charge in [0.15, 0.2) is 0 Å². The van der Waals surface area contributed by atoms with Crippen molar-refractivity contribution in [2.45, 2.75) is 26.8 Å². The van der Waals surface area contributed by atoms with Crippen molar-refractivity contribution in [2.75, 3.05) is 13.2 Å². The van der Waals surface area contributed by atoms with Gasteiger partial charge in [0, 0.05) is 19.3 Å². The Morgan fingerprint density at radius 1 is 1.12 bits per heavy atom. The number of rotatable bonds is 7. The predicted octanol–water partition coefficient (Wildman–Crippen LogP) is 3.57. The van der Waals surface area contributed by atoms with Crippen LogP contribution in [0.3, 0.4) is 0 Å². The summed E-state index contributed by atoms with van der Waals surface area (Å²) in [5.74, 6) is 0. The lowest BCUT2D eigenvalue weighted by molar-refractivity contribution is 0.216. The van der Waals surface area contributed by atoms with E-state index in [0.717, 1.165) is 19.3 Å². The van der Waals surface area contributed by atoms with Crippen molar-refractivity contribution >= 4 is 15.4 Å². The van der Waals surface area contributed by atoms with E-state index in [0.29, 0.717) is 0 Å². The van der Waals surface area contributed by atoms with E-state index in [1.807, 2.05) is 13.8 Å². The second-order valence-corrected chi connectivity index (χ2v) is 5.43. The highest BCUT2D eigenvalue weighted by Gasteiger charge is 2.11. The number of benzene rings is 1. The van der Waals surface area contributed by atoms with E-state index in [2.05, 4.69) is 43.3 Å². The van der Waals surface area contributed by atoms with Crippen LogP contribution in [0.2, 0.25) is 6.04 Å². The molecular formula is C14H21O2Si. The van der Waals surface area contributed by atoms with E-state index in [9.17, 15) is 0 Å². The normalized spacial score (nSPS) is 11.5. The molecule has 0 heterocycles. The minimum Gasteiger partial charge on any atom is -0.393 e. The first kappa shape index (κ1) is 14.2. The summed E-state index contributed by atoms with van der Waals surface area (Å²) in [4.78, 5) is 0. The van der Waals surface area contributed by atoms with Crippen LogP contribution >= 0.6 is 0 Å². The van der Waals surface area contributed by atoms with Crippen LogP contribution in [-0.2, 0) is 8.85 Å². The second-order valence-electron chi connectivity index (χ2n) is 3.70. The van der Waals surface area contributed by atoms with Crippen LogP contribution in [-0.4, -0.2) is 22.5 Å². The third-order valence-electron chi connectivity index (χ3n) is 2.38. The molecular weight excluding hydrogens is 228 g/mol. The highest BCUT2D eigenvalue weighted by Crippen LogP contribution is 2.10. The predicted molar refractivity (Wildman–Crippen MR) is 74.0 cm³/mol. The van der Waals surface area contributed by atoms with E-state index in [1.165, 1.54) is 11.1 Å². The van der Waals surface area contributed by atoms with Gasteiger partial charge in [-0.1, -0.05) is 36.4 Å². The zero-order chi connectivity index (χ0) is 12.5. The largest absolute Gasteiger partial charge is 0.393 e. The van der Waals surface area contributed by atoms with Gasteiger partial charge in [-0.05, 0) is 31.9 Å². The molecule has 0 saturated carbocycles. The first-order valence-electron chi connectivity index (χ1n) is 6.11. The average molecular weight is 249 g/mol. The number of aryl methyl sites for hydroxylation is 1. The standard InChI is InChI=1S/C14H21O2Si/c1-4-15-17(16-5-2)12-8-11-14-10-7-6-9-13(14)3/h6-11H,4-5,12H2,1-3H3. The topological polar surface area (TPSA) is 18.5 Å². The first-order chi connectivity index (χ1) is 8.27. The minimum absolute atomic E-state index is 0.729. The van der Waals surface area contributed by atoms with Crippen molar-refractivity contribution in [3.05, 3.63) is 41.5 Å². The molecule has 17 heavy (non-hydrogen) atoms. The summed E-state index contributed by atoms with van der Waals surface area (Å²) in [7, 11) is -1.12. The Morgan fingerprint density at radius 2 is 1.76 bits per heavy atom. The lowest BCUT2D eigenvalue weighted by atomic mass is 10.1. The zero-order valence-electron chi connectivity index (χ0n) is 10.9. The van der Waals surface area contributed by atoms with E-state index < -0.39 is 9.28 Å². The summed E-state index contributed by atoms with van der Waals surface area (Å²) < 4.78 is 11.2. The van der Waals surface area contributed by atoms with E-state index in [1.54, 1.807) is 0 Å². The quantitative estimate of drug-likeness (QED) is 0.688. The van der Waals surface area contributed by atoms with Gasteiger partial charge in [-0.2, -0.15) is 0 Å². The van der Waals surface area contributed by atoms with Gasteiger partial charge in [0.25, 0.3) is 0 Å².